The number of nitrogens with zero attached hydrogens (tertiary/aromatic N) is 1. The molecule has 0 aliphatic carbocycles. The lowest BCUT2D eigenvalue weighted by Gasteiger charge is -2.18. The van der Waals surface area contributed by atoms with E-state index in [-0.39, 0.29) is 42.5 Å². The van der Waals surface area contributed by atoms with Gasteiger partial charge in [-0.3, -0.25) is 10.1 Å². The molecule has 0 radical (unpaired) electrons. The number of methoxy groups -OCH3 is 1. The molecule has 1 aliphatic rings. The lowest BCUT2D eigenvalue weighted by molar-refractivity contribution is -0.385. The first kappa shape index (κ1) is 19.2. The van der Waals surface area contributed by atoms with Gasteiger partial charge in [0.05, 0.1) is 18.1 Å². The molecule has 0 saturated carbocycles. The summed E-state index contributed by atoms with van der Waals surface area (Å²) in [5.41, 5.74) is -0.729. The number of rotatable bonds is 5. The third kappa shape index (κ3) is 3.62. The number of nitro benzene ring substituents is 1. The van der Waals surface area contributed by atoms with Gasteiger partial charge in [-0.15, -0.1) is 0 Å². The molecular formula is C20H15NO9. The van der Waals surface area contributed by atoms with Crippen LogP contribution in [0.25, 0.3) is 11.0 Å². The van der Waals surface area contributed by atoms with Crippen LogP contribution in [-0.2, 0) is 11.3 Å². The maximum absolute atomic E-state index is 12.6. The third-order valence-corrected chi connectivity index (χ3v) is 4.47. The van der Waals surface area contributed by atoms with Crippen LogP contribution >= 0.6 is 0 Å². The van der Waals surface area contributed by atoms with Crippen molar-refractivity contribution in [1.29, 1.82) is 0 Å². The van der Waals surface area contributed by atoms with E-state index < -0.39 is 22.2 Å². The molecule has 154 valence electrons. The molecule has 10 nitrogen and oxygen atoms in total. The van der Waals surface area contributed by atoms with Crippen molar-refractivity contribution in [2.45, 2.75) is 6.61 Å². The molecule has 0 fully saturated rings. The van der Waals surface area contributed by atoms with E-state index in [1.807, 2.05) is 0 Å². The fourth-order valence-corrected chi connectivity index (χ4v) is 3.07. The molecule has 2 aromatic carbocycles. The summed E-state index contributed by atoms with van der Waals surface area (Å²) in [6.07, 6.45) is 0. The summed E-state index contributed by atoms with van der Waals surface area (Å²) in [7, 11) is 1.48. The van der Waals surface area contributed by atoms with Crippen molar-refractivity contribution < 1.29 is 33.1 Å². The van der Waals surface area contributed by atoms with Crippen LogP contribution in [0.2, 0.25) is 0 Å². The predicted octanol–water partition coefficient (Wildman–Crippen LogP) is 2.84. The molecule has 0 spiro atoms. The summed E-state index contributed by atoms with van der Waals surface area (Å²) in [6.45, 7) is 0.218. The Kier molecular flexibility index (Phi) is 4.97. The molecule has 3 aromatic rings. The van der Waals surface area contributed by atoms with Gasteiger partial charge in [0, 0.05) is 29.1 Å². The van der Waals surface area contributed by atoms with Crippen molar-refractivity contribution in [3.05, 3.63) is 68.1 Å². The second-order valence-electron chi connectivity index (χ2n) is 6.30. The van der Waals surface area contributed by atoms with Crippen molar-refractivity contribution in [3.8, 4) is 17.2 Å². The van der Waals surface area contributed by atoms with E-state index in [9.17, 15) is 19.7 Å². The quantitative estimate of drug-likeness (QED) is 0.268. The van der Waals surface area contributed by atoms with Crippen molar-refractivity contribution >= 4 is 22.6 Å². The van der Waals surface area contributed by atoms with E-state index in [0.29, 0.717) is 16.7 Å². The largest absolute Gasteiger partial charge is 0.497 e. The van der Waals surface area contributed by atoms with Crippen LogP contribution in [-0.4, -0.2) is 31.2 Å². The molecule has 0 bridgehead atoms. The van der Waals surface area contributed by atoms with E-state index in [2.05, 4.69) is 0 Å². The smallest absolute Gasteiger partial charge is 0.345 e. The standard InChI is InChI=1S/C20H15NO9/c1-26-12-2-3-13-11(6-19(22)30-16(13)7-12)10-29-20(23)14-8-17-18(28-5-4-27-17)9-15(14)21(24)25/h2-3,6-9H,4-5,10H2,1H3. The Bertz CT molecular complexity index is 1210. The molecular weight excluding hydrogens is 398 g/mol. The average Bonchev–Trinajstić information content (AvgIpc) is 2.75. The summed E-state index contributed by atoms with van der Waals surface area (Å²) in [6, 6.07) is 8.40. The highest BCUT2D eigenvalue weighted by Crippen LogP contribution is 2.37. The summed E-state index contributed by atoms with van der Waals surface area (Å²) < 4.78 is 26.2. The molecule has 0 atom stereocenters. The Labute approximate surface area is 168 Å². The highest BCUT2D eigenvalue weighted by Gasteiger charge is 2.27. The summed E-state index contributed by atoms with van der Waals surface area (Å²) in [5.74, 6) is -0.0397. The van der Waals surface area contributed by atoms with Gasteiger partial charge < -0.3 is 23.4 Å². The Balaban J connectivity index is 1.64. The number of carbonyl (C=O) groups is 1. The zero-order valence-corrected chi connectivity index (χ0v) is 15.7. The molecule has 1 aromatic heterocycles. The highest BCUT2D eigenvalue weighted by molar-refractivity contribution is 5.95. The van der Waals surface area contributed by atoms with Gasteiger partial charge in [0.15, 0.2) is 11.5 Å². The van der Waals surface area contributed by atoms with E-state index in [1.165, 1.54) is 25.3 Å². The minimum atomic E-state index is -0.937. The predicted molar refractivity (Wildman–Crippen MR) is 102 cm³/mol. The number of benzene rings is 2. The number of hydrogen-bond acceptors (Lipinski definition) is 9. The first-order valence-electron chi connectivity index (χ1n) is 8.82. The van der Waals surface area contributed by atoms with Crippen LogP contribution in [0.1, 0.15) is 15.9 Å². The van der Waals surface area contributed by atoms with E-state index in [4.69, 9.17) is 23.4 Å². The normalized spacial score (nSPS) is 12.4. The molecule has 2 heterocycles. The minimum Gasteiger partial charge on any atom is -0.497 e. The average molecular weight is 413 g/mol. The van der Waals surface area contributed by atoms with Gasteiger partial charge in [-0.1, -0.05) is 0 Å². The Morgan fingerprint density at radius 1 is 1.13 bits per heavy atom. The van der Waals surface area contributed by atoms with Crippen molar-refractivity contribution in [2.75, 3.05) is 20.3 Å². The van der Waals surface area contributed by atoms with Crippen LogP contribution in [0.3, 0.4) is 0 Å². The topological polar surface area (TPSA) is 127 Å². The fraction of sp³-hybridized carbons (Fsp3) is 0.200. The Hall–Kier alpha value is -4.08. The van der Waals surface area contributed by atoms with E-state index >= 15 is 0 Å². The fourth-order valence-electron chi connectivity index (χ4n) is 3.07. The van der Waals surface area contributed by atoms with Gasteiger partial charge in [-0.25, -0.2) is 9.59 Å². The van der Waals surface area contributed by atoms with Gasteiger partial charge >= 0.3 is 11.6 Å². The van der Waals surface area contributed by atoms with Crippen LogP contribution in [0.4, 0.5) is 5.69 Å². The number of hydrogen-bond donors (Lipinski definition) is 0. The maximum Gasteiger partial charge on any atom is 0.345 e. The van der Waals surface area contributed by atoms with Gasteiger partial charge in [-0.05, 0) is 12.1 Å². The molecule has 0 amide bonds. The molecule has 0 unspecified atom stereocenters. The van der Waals surface area contributed by atoms with E-state index in [0.717, 1.165) is 6.07 Å². The van der Waals surface area contributed by atoms with E-state index in [1.54, 1.807) is 12.1 Å². The molecule has 0 saturated heterocycles. The molecule has 0 N–H and O–H groups in total. The molecule has 4 rings (SSSR count). The van der Waals surface area contributed by atoms with Crippen LogP contribution in [0.5, 0.6) is 17.2 Å². The Morgan fingerprint density at radius 2 is 1.87 bits per heavy atom. The number of nitro groups is 1. The maximum atomic E-state index is 12.6. The minimum absolute atomic E-state index is 0.185. The SMILES string of the molecule is COc1ccc2c(COC(=O)c3cc4c(cc3[N+](=O)[O-])OCCO4)cc(=O)oc2c1. The van der Waals surface area contributed by atoms with Crippen molar-refractivity contribution in [2.24, 2.45) is 0 Å². The summed E-state index contributed by atoms with van der Waals surface area (Å²) in [5, 5.41) is 11.9. The van der Waals surface area contributed by atoms with Crippen LogP contribution in [0, 0.1) is 10.1 Å². The first-order valence-corrected chi connectivity index (χ1v) is 8.82. The van der Waals surface area contributed by atoms with Gasteiger partial charge in [-0.2, -0.15) is 0 Å². The first-order chi connectivity index (χ1) is 14.5. The Morgan fingerprint density at radius 3 is 2.57 bits per heavy atom. The zero-order valence-electron chi connectivity index (χ0n) is 15.7. The lowest BCUT2D eigenvalue weighted by Crippen LogP contribution is -2.17. The number of fused-ring (bicyclic) bond motifs is 2. The third-order valence-electron chi connectivity index (χ3n) is 4.47. The van der Waals surface area contributed by atoms with Crippen LogP contribution in [0.15, 0.2) is 45.6 Å². The van der Waals surface area contributed by atoms with Gasteiger partial charge in [0.1, 0.15) is 36.7 Å². The number of ether oxygens (including phenoxy) is 4. The molecule has 10 heteroatoms. The number of esters is 1. The second-order valence-corrected chi connectivity index (χ2v) is 6.30. The van der Waals surface area contributed by atoms with Crippen molar-refractivity contribution in [3.63, 3.8) is 0 Å². The summed E-state index contributed by atoms with van der Waals surface area (Å²) >= 11 is 0. The van der Waals surface area contributed by atoms with Crippen molar-refractivity contribution in [1.82, 2.24) is 0 Å². The monoisotopic (exact) mass is 413 g/mol. The van der Waals surface area contributed by atoms with Gasteiger partial charge in [0.25, 0.3) is 5.69 Å². The molecule has 30 heavy (non-hydrogen) atoms. The highest BCUT2D eigenvalue weighted by atomic mass is 16.6. The van der Waals surface area contributed by atoms with Gasteiger partial charge in [0.2, 0.25) is 0 Å². The second kappa shape index (κ2) is 7.74. The number of carbonyl (C=O) groups excluding carboxylic acids is 1. The zero-order chi connectivity index (χ0) is 21.3. The van der Waals surface area contributed by atoms with Crippen LogP contribution < -0.4 is 19.8 Å². The summed E-state index contributed by atoms with van der Waals surface area (Å²) in [4.78, 5) is 35.2. The molecule has 1 aliphatic heterocycles. The lowest BCUT2D eigenvalue weighted by atomic mass is 10.1.